The number of aryl methyl sites for hydroxylation is 1. The average Bonchev–Trinajstić information content (AvgIpc) is 3.26. The first-order valence-corrected chi connectivity index (χ1v) is 8.85. The molecule has 2 aliphatic carbocycles. The van der Waals surface area contributed by atoms with Crippen LogP contribution >= 0.6 is 0 Å². The smallest absolute Gasteiger partial charge is 0.226 e. The lowest BCUT2D eigenvalue weighted by molar-refractivity contribution is -0.134. The maximum atomic E-state index is 12.8. The van der Waals surface area contributed by atoms with Crippen molar-refractivity contribution in [2.24, 2.45) is 11.8 Å². The highest BCUT2D eigenvalue weighted by molar-refractivity contribution is 5.79. The molecule has 0 spiro atoms. The lowest BCUT2D eigenvalue weighted by Crippen LogP contribution is -2.37. The Hall–Kier alpha value is -1.39. The van der Waals surface area contributed by atoms with Gasteiger partial charge in [0.05, 0.1) is 5.41 Å². The maximum absolute atomic E-state index is 12.8. The van der Waals surface area contributed by atoms with Gasteiger partial charge in [-0.25, -0.2) is 0 Å². The fourth-order valence-corrected chi connectivity index (χ4v) is 4.85. The van der Waals surface area contributed by atoms with E-state index < -0.39 is 0 Å². The number of hydrogen-bond donors (Lipinski definition) is 0. The number of nitrogens with zero attached hydrogens (tertiary/aromatic N) is 3. The summed E-state index contributed by atoms with van der Waals surface area (Å²) in [5.41, 5.74) is -0.0365. The summed E-state index contributed by atoms with van der Waals surface area (Å²) in [6.07, 6.45) is 8.85. The monoisotopic (exact) mass is 303 g/mol. The number of amides is 1. The molecule has 5 heteroatoms. The van der Waals surface area contributed by atoms with Gasteiger partial charge in [0.25, 0.3) is 0 Å². The van der Waals surface area contributed by atoms with Crippen LogP contribution in [0.2, 0.25) is 0 Å². The quantitative estimate of drug-likeness (QED) is 0.861. The van der Waals surface area contributed by atoms with Crippen molar-refractivity contribution in [3.05, 3.63) is 11.7 Å². The van der Waals surface area contributed by atoms with Crippen LogP contribution in [0.25, 0.3) is 0 Å². The van der Waals surface area contributed by atoms with Gasteiger partial charge in [-0.05, 0) is 31.6 Å². The van der Waals surface area contributed by atoms with Crippen molar-refractivity contribution in [3.63, 3.8) is 0 Å². The summed E-state index contributed by atoms with van der Waals surface area (Å²) in [5.74, 6) is 2.74. The van der Waals surface area contributed by atoms with Gasteiger partial charge in [0.15, 0.2) is 5.82 Å². The van der Waals surface area contributed by atoms with Gasteiger partial charge < -0.3 is 9.42 Å². The number of carbonyl (C=O) groups excluding carboxylic acids is 1. The van der Waals surface area contributed by atoms with Crippen LogP contribution in [0.4, 0.5) is 0 Å². The molecule has 3 fully saturated rings. The summed E-state index contributed by atoms with van der Waals surface area (Å²) < 4.78 is 5.36. The summed E-state index contributed by atoms with van der Waals surface area (Å²) in [4.78, 5) is 19.5. The molecule has 0 bridgehead atoms. The zero-order valence-corrected chi connectivity index (χ0v) is 13.4. The molecule has 0 radical (unpaired) electrons. The first-order chi connectivity index (χ1) is 10.7. The molecule has 1 aromatic heterocycles. The van der Waals surface area contributed by atoms with E-state index in [9.17, 15) is 4.79 Å². The molecule has 2 atom stereocenters. The van der Waals surface area contributed by atoms with Crippen LogP contribution in [0, 0.1) is 11.8 Å². The third-order valence-electron chi connectivity index (χ3n) is 6.10. The molecule has 22 heavy (non-hydrogen) atoms. The van der Waals surface area contributed by atoms with Crippen LogP contribution in [0.5, 0.6) is 0 Å². The molecule has 1 aliphatic heterocycles. The maximum Gasteiger partial charge on any atom is 0.226 e. The molecule has 1 saturated heterocycles. The number of likely N-dealkylation sites (tertiary alicyclic amines) is 1. The first kappa shape index (κ1) is 14.2. The van der Waals surface area contributed by atoms with E-state index in [1.165, 1.54) is 25.7 Å². The summed E-state index contributed by atoms with van der Waals surface area (Å²) in [6.45, 7) is 3.73. The molecule has 0 N–H and O–H groups in total. The number of fused-ring (bicyclic) bond motifs is 1. The van der Waals surface area contributed by atoms with Crippen LogP contribution in [-0.2, 0) is 16.6 Å². The Labute approximate surface area is 131 Å². The molecule has 3 aliphatic rings. The summed E-state index contributed by atoms with van der Waals surface area (Å²) in [5, 5.41) is 4.27. The summed E-state index contributed by atoms with van der Waals surface area (Å²) >= 11 is 0. The van der Waals surface area contributed by atoms with Gasteiger partial charge >= 0.3 is 0 Å². The van der Waals surface area contributed by atoms with Crippen molar-refractivity contribution in [2.45, 2.75) is 63.7 Å². The van der Waals surface area contributed by atoms with E-state index in [-0.39, 0.29) is 11.3 Å². The zero-order chi connectivity index (χ0) is 15.2. The predicted molar refractivity (Wildman–Crippen MR) is 81.2 cm³/mol. The molecule has 2 heterocycles. The van der Waals surface area contributed by atoms with Crippen molar-refractivity contribution in [1.29, 1.82) is 0 Å². The van der Waals surface area contributed by atoms with Gasteiger partial charge in [0, 0.05) is 25.4 Å². The lowest BCUT2D eigenvalue weighted by atomic mass is 9.80. The van der Waals surface area contributed by atoms with Crippen LogP contribution in [-0.4, -0.2) is 34.0 Å². The molecule has 2 saturated carbocycles. The highest BCUT2D eigenvalue weighted by Crippen LogP contribution is 2.50. The van der Waals surface area contributed by atoms with E-state index in [1.54, 1.807) is 0 Å². The van der Waals surface area contributed by atoms with Gasteiger partial charge in [-0.1, -0.05) is 31.3 Å². The minimum absolute atomic E-state index is 0.0365. The van der Waals surface area contributed by atoms with E-state index in [0.717, 1.165) is 50.5 Å². The minimum Gasteiger partial charge on any atom is -0.341 e. The molecule has 120 valence electrons. The fraction of sp³-hybridized carbons (Fsp3) is 0.824. The Bertz CT molecular complexity index is 564. The van der Waals surface area contributed by atoms with Gasteiger partial charge in [0.2, 0.25) is 11.8 Å². The molecular formula is C17H25N3O2. The number of hydrogen-bond acceptors (Lipinski definition) is 4. The fourth-order valence-electron chi connectivity index (χ4n) is 4.85. The van der Waals surface area contributed by atoms with Gasteiger partial charge in [-0.2, -0.15) is 4.98 Å². The predicted octanol–water partition coefficient (Wildman–Crippen LogP) is 2.70. The van der Waals surface area contributed by atoms with Crippen molar-refractivity contribution in [3.8, 4) is 0 Å². The van der Waals surface area contributed by atoms with Crippen LogP contribution in [0.15, 0.2) is 4.52 Å². The normalized spacial score (nSPS) is 31.9. The molecular weight excluding hydrogens is 278 g/mol. The van der Waals surface area contributed by atoms with E-state index in [4.69, 9.17) is 4.52 Å². The Kier molecular flexibility index (Phi) is 3.46. The third-order valence-corrected chi connectivity index (χ3v) is 6.10. The van der Waals surface area contributed by atoms with E-state index >= 15 is 0 Å². The van der Waals surface area contributed by atoms with Crippen LogP contribution < -0.4 is 0 Å². The van der Waals surface area contributed by atoms with Crippen LogP contribution in [0.1, 0.15) is 63.6 Å². The van der Waals surface area contributed by atoms with Crippen molar-refractivity contribution in [2.75, 3.05) is 13.1 Å². The third kappa shape index (κ3) is 2.09. The summed E-state index contributed by atoms with van der Waals surface area (Å²) in [6, 6.07) is 0. The highest BCUT2D eigenvalue weighted by atomic mass is 16.5. The SMILES string of the molecule is CCc1nc([C@@]23CCC[C@@H]2CN(C(=O)C2CCCC2)C3)no1. The molecule has 4 rings (SSSR count). The second-order valence-electron chi connectivity index (χ2n) is 7.31. The summed E-state index contributed by atoms with van der Waals surface area (Å²) in [7, 11) is 0. The van der Waals surface area contributed by atoms with Crippen LogP contribution in [0.3, 0.4) is 0 Å². The standard InChI is InChI=1S/C17H25N3O2/c1-2-14-18-16(19-22-14)17-9-5-8-13(17)10-20(11-17)15(21)12-6-3-4-7-12/h12-13H,2-11H2,1H3/t13-,17-/m1/s1. The van der Waals surface area contributed by atoms with E-state index in [0.29, 0.717) is 11.8 Å². The topological polar surface area (TPSA) is 59.2 Å². The Morgan fingerprint density at radius 1 is 1.32 bits per heavy atom. The Morgan fingerprint density at radius 3 is 2.86 bits per heavy atom. The Balaban J connectivity index is 1.57. The second-order valence-corrected chi connectivity index (χ2v) is 7.31. The number of aromatic nitrogens is 2. The first-order valence-electron chi connectivity index (χ1n) is 8.85. The van der Waals surface area contributed by atoms with Crippen molar-refractivity contribution in [1.82, 2.24) is 15.0 Å². The van der Waals surface area contributed by atoms with Gasteiger partial charge in [-0.15, -0.1) is 0 Å². The van der Waals surface area contributed by atoms with Crippen molar-refractivity contribution < 1.29 is 9.32 Å². The average molecular weight is 303 g/mol. The van der Waals surface area contributed by atoms with Gasteiger partial charge in [0.1, 0.15) is 0 Å². The largest absolute Gasteiger partial charge is 0.341 e. The molecule has 0 unspecified atom stereocenters. The second kappa shape index (κ2) is 5.36. The van der Waals surface area contributed by atoms with Gasteiger partial charge in [-0.3, -0.25) is 4.79 Å². The lowest BCUT2D eigenvalue weighted by Gasteiger charge is -2.25. The Morgan fingerprint density at radius 2 is 2.14 bits per heavy atom. The number of carbonyl (C=O) groups is 1. The van der Waals surface area contributed by atoms with Crippen molar-refractivity contribution >= 4 is 5.91 Å². The minimum atomic E-state index is -0.0365. The number of rotatable bonds is 3. The molecule has 1 amide bonds. The molecule has 1 aromatic rings. The van der Waals surface area contributed by atoms with E-state index in [2.05, 4.69) is 15.0 Å². The highest BCUT2D eigenvalue weighted by Gasteiger charge is 2.54. The zero-order valence-electron chi connectivity index (χ0n) is 13.4. The molecule has 5 nitrogen and oxygen atoms in total. The van der Waals surface area contributed by atoms with E-state index in [1.807, 2.05) is 6.92 Å². The molecule has 0 aromatic carbocycles.